The third kappa shape index (κ3) is 5.37. The van der Waals surface area contributed by atoms with Gasteiger partial charge >= 0.3 is 0 Å². The van der Waals surface area contributed by atoms with Crippen LogP contribution in [0.1, 0.15) is 23.2 Å². The maximum Gasteiger partial charge on any atom is 0.259 e. The van der Waals surface area contributed by atoms with Crippen LogP contribution in [0.25, 0.3) is 11.0 Å². The average Bonchev–Trinajstić information content (AvgIpc) is 3.28. The van der Waals surface area contributed by atoms with Crippen LogP contribution in [0.15, 0.2) is 40.9 Å². The number of amides is 3. The molecule has 0 radical (unpaired) electrons. The summed E-state index contributed by atoms with van der Waals surface area (Å²) in [5.41, 5.74) is 6.62. The van der Waals surface area contributed by atoms with Crippen molar-refractivity contribution in [3.63, 3.8) is 0 Å². The monoisotopic (exact) mass is 563 g/mol. The molecule has 0 bridgehead atoms. The highest BCUT2D eigenvalue weighted by Gasteiger charge is 2.40. The summed E-state index contributed by atoms with van der Waals surface area (Å²) in [6.07, 6.45) is -4.28. The standard InChI is InChI=1S/C25H24ClF2N5O6/c26-17-4-2-14(12-16(17)23(36)32-7-5-25(27,28)6-8-32)33-9-10-38-20(24(33)37)19(34)22(35)30-13-1-3-15-18(11-13)39-31-21(15)29/h1-4,11-12,19-20,34H,5-10H2,(H2,29,31)(H,30,35)/t19-,20-/m1/s1. The second kappa shape index (κ2) is 10.4. The van der Waals surface area contributed by atoms with Gasteiger partial charge in [-0.2, -0.15) is 0 Å². The molecule has 2 atom stereocenters. The molecule has 1 aromatic heterocycles. The molecule has 0 aliphatic carbocycles. The first kappa shape index (κ1) is 26.8. The fourth-order valence-corrected chi connectivity index (χ4v) is 4.73. The summed E-state index contributed by atoms with van der Waals surface area (Å²) < 4.78 is 37.6. The number of aliphatic hydroxyl groups excluding tert-OH is 1. The quantitative estimate of drug-likeness (QED) is 0.428. The number of likely N-dealkylation sites (tertiary alicyclic amines) is 1. The summed E-state index contributed by atoms with van der Waals surface area (Å²) in [7, 11) is 0. The summed E-state index contributed by atoms with van der Waals surface area (Å²) in [6, 6.07) is 8.91. The van der Waals surface area contributed by atoms with Crippen molar-refractivity contribution in [3.05, 3.63) is 47.0 Å². The Balaban J connectivity index is 1.29. The van der Waals surface area contributed by atoms with E-state index in [2.05, 4.69) is 10.5 Å². The van der Waals surface area contributed by atoms with Crippen molar-refractivity contribution in [1.82, 2.24) is 10.1 Å². The van der Waals surface area contributed by atoms with Crippen molar-refractivity contribution >= 4 is 57.5 Å². The van der Waals surface area contributed by atoms with Crippen molar-refractivity contribution in [1.29, 1.82) is 0 Å². The van der Waals surface area contributed by atoms with Crippen LogP contribution in [0.2, 0.25) is 5.02 Å². The maximum atomic E-state index is 13.5. The number of benzene rings is 2. The molecule has 2 fully saturated rings. The molecule has 0 saturated carbocycles. The number of fused-ring (bicyclic) bond motifs is 1. The first-order valence-corrected chi connectivity index (χ1v) is 12.5. The number of ether oxygens (including phenoxy) is 1. The van der Waals surface area contributed by atoms with Gasteiger partial charge in [-0.1, -0.05) is 16.8 Å². The number of nitrogens with one attached hydrogen (secondary N) is 1. The Labute approximate surface area is 225 Å². The molecular formula is C25H24ClF2N5O6. The molecule has 2 saturated heterocycles. The second-order valence-electron chi connectivity index (χ2n) is 9.31. The zero-order valence-corrected chi connectivity index (χ0v) is 21.2. The average molecular weight is 564 g/mol. The second-order valence-corrected chi connectivity index (χ2v) is 9.71. The third-order valence-electron chi connectivity index (χ3n) is 6.72. The van der Waals surface area contributed by atoms with Crippen molar-refractivity contribution in [2.75, 3.05) is 42.2 Å². The van der Waals surface area contributed by atoms with E-state index in [-0.39, 0.29) is 54.0 Å². The lowest BCUT2D eigenvalue weighted by Crippen LogP contribution is -2.55. The predicted molar refractivity (Wildman–Crippen MR) is 137 cm³/mol. The fraction of sp³-hybridized carbons (Fsp3) is 0.360. The molecule has 0 spiro atoms. The van der Waals surface area contributed by atoms with Gasteiger partial charge in [0.2, 0.25) is 0 Å². The molecule has 2 aliphatic rings. The van der Waals surface area contributed by atoms with Crippen LogP contribution in [0.5, 0.6) is 0 Å². The molecule has 206 valence electrons. The molecular weight excluding hydrogens is 540 g/mol. The number of nitrogens with two attached hydrogens (primary N) is 1. The number of aliphatic hydroxyl groups is 1. The van der Waals surface area contributed by atoms with Crippen LogP contribution in [-0.4, -0.2) is 77.3 Å². The Morgan fingerprint density at radius 3 is 2.67 bits per heavy atom. The molecule has 3 amide bonds. The van der Waals surface area contributed by atoms with Gasteiger partial charge in [-0.3, -0.25) is 14.4 Å². The third-order valence-corrected chi connectivity index (χ3v) is 7.05. The minimum Gasteiger partial charge on any atom is -0.380 e. The van der Waals surface area contributed by atoms with Crippen LogP contribution in [-0.2, 0) is 14.3 Å². The fourth-order valence-electron chi connectivity index (χ4n) is 4.53. The van der Waals surface area contributed by atoms with Gasteiger partial charge in [-0.25, -0.2) is 8.78 Å². The molecule has 11 nitrogen and oxygen atoms in total. The van der Waals surface area contributed by atoms with Crippen LogP contribution in [0.4, 0.5) is 26.0 Å². The molecule has 5 rings (SSSR count). The van der Waals surface area contributed by atoms with Gasteiger partial charge in [0.25, 0.3) is 23.6 Å². The highest BCUT2D eigenvalue weighted by atomic mass is 35.5. The zero-order chi connectivity index (χ0) is 27.9. The van der Waals surface area contributed by atoms with Crippen LogP contribution in [0, 0.1) is 0 Å². The van der Waals surface area contributed by atoms with E-state index in [1.165, 1.54) is 40.1 Å². The first-order valence-electron chi connectivity index (χ1n) is 12.1. The number of hydrogen-bond donors (Lipinski definition) is 3. The number of nitrogen functional groups attached to an aromatic ring is 1. The van der Waals surface area contributed by atoms with Gasteiger partial charge in [0.05, 0.1) is 22.6 Å². The Morgan fingerprint density at radius 2 is 1.92 bits per heavy atom. The van der Waals surface area contributed by atoms with Crippen LogP contribution < -0.4 is 16.0 Å². The van der Waals surface area contributed by atoms with E-state index >= 15 is 0 Å². The summed E-state index contributed by atoms with van der Waals surface area (Å²) in [6.45, 7) is -0.165. The number of rotatable bonds is 5. The van der Waals surface area contributed by atoms with Gasteiger partial charge in [-0.15, -0.1) is 0 Å². The maximum absolute atomic E-state index is 13.5. The number of aromatic nitrogens is 1. The lowest BCUT2D eigenvalue weighted by Gasteiger charge is -2.35. The molecule has 0 unspecified atom stereocenters. The highest BCUT2D eigenvalue weighted by molar-refractivity contribution is 6.34. The van der Waals surface area contributed by atoms with Gasteiger partial charge in [-0.05, 0) is 30.3 Å². The number of carbonyl (C=O) groups excluding carboxylic acids is 3. The number of alkyl halides is 2. The van der Waals surface area contributed by atoms with E-state index in [0.717, 1.165) is 0 Å². The molecule has 14 heteroatoms. The zero-order valence-electron chi connectivity index (χ0n) is 20.4. The SMILES string of the molecule is Nc1noc2cc(NC(=O)[C@H](O)[C@H]3OCCN(c4ccc(Cl)c(C(=O)N5CCC(F)(F)CC5)c4)C3=O)ccc12. The number of nitrogens with zero attached hydrogens (tertiary/aromatic N) is 3. The van der Waals surface area contributed by atoms with E-state index < -0.39 is 48.7 Å². The Bertz CT molecular complexity index is 1440. The number of hydrogen-bond acceptors (Lipinski definition) is 8. The summed E-state index contributed by atoms with van der Waals surface area (Å²) in [5.74, 6) is -4.76. The van der Waals surface area contributed by atoms with E-state index in [4.69, 9.17) is 26.6 Å². The van der Waals surface area contributed by atoms with Crippen LogP contribution >= 0.6 is 11.6 Å². The number of piperidine rings is 1. The molecule has 3 heterocycles. The van der Waals surface area contributed by atoms with E-state index in [1.54, 1.807) is 6.07 Å². The summed E-state index contributed by atoms with van der Waals surface area (Å²) in [5, 5.41) is 17.5. The minimum atomic E-state index is -2.82. The number of carbonyl (C=O) groups is 3. The predicted octanol–water partition coefficient (Wildman–Crippen LogP) is 2.67. The van der Waals surface area contributed by atoms with Crippen molar-refractivity contribution in [2.45, 2.75) is 31.0 Å². The Hall–Kier alpha value is -3.81. The van der Waals surface area contributed by atoms with Gasteiger partial charge in [0, 0.05) is 49.9 Å². The Morgan fingerprint density at radius 1 is 1.18 bits per heavy atom. The van der Waals surface area contributed by atoms with Gasteiger partial charge < -0.3 is 35.2 Å². The summed E-state index contributed by atoms with van der Waals surface area (Å²) >= 11 is 6.24. The first-order chi connectivity index (χ1) is 18.5. The molecule has 2 aromatic carbocycles. The van der Waals surface area contributed by atoms with Crippen LogP contribution in [0.3, 0.4) is 0 Å². The molecule has 4 N–H and O–H groups in total. The summed E-state index contributed by atoms with van der Waals surface area (Å²) in [4.78, 5) is 41.6. The van der Waals surface area contributed by atoms with E-state index in [0.29, 0.717) is 11.0 Å². The molecule has 3 aromatic rings. The Kier molecular flexibility index (Phi) is 7.14. The van der Waals surface area contributed by atoms with Crippen molar-refractivity contribution in [3.8, 4) is 0 Å². The lowest BCUT2D eigenvalue weighted by molar-refractivity contribution is -0.150. The largest absolute Gasteiger partial charge is 0.380 e. The molecule has 2 aliphatic heterocycles. The van der Waals surface area contributed by atoms with E-state index in [1.807, 2.05) is 0 Å². The highest BCUT2D eigenvalue weighted by Crippen LogP contribution is 2.31. The number of anilines is 3. The smallest absolute Gasteiger partial charge is 0.259 e. The van der Waals surface area contributed by atoms with Crippen molar-refractivity contribution < 1.29 is 37.5 Å². The molecule has 39 heavy (non-hydrogen) atoms. The topological polar surface area (TPSA) is 151 Å². The number of morpholine rings is 1. The normalized spacial score (nSPS) is 20.2. The minimum absolute atomic E-state index is 0.00282. The number of halogens is 3. The van der Waals surface area contributed by atoms with E-state index in [9.17, 15) is 28.3 Å². The lowest BCUT2D eigenvalue weighted by atomic mass is 10.0. The van der Waals surface area contributed by atoms with Gasteiger partial charge in [0.15, 0.2) is 23.6 Å². The van der Waals surface area contributed by atoms with Crippen molar-refractivity contribution in [2.24, 2.45) is 0 Å². The van der Waals surface area contributed by atoms with Gasteiger partial charge in [0.1, 0.15) is 0 Å².